The molecule has 0 aromatic carbocycles. The van der Waals surface area contributed by atoms with Crippen LogP contribution >= 0.6 is 0 Å². The van der Waals surface area contributed by atoms with Gasteiger partial charge in [-0.15, -0.1) is 0 Å². The van der Waals surface area contributed by atoms with Crippen LogP contribution in [0.5, 0.6) is 0 Å². The first-order valence-corrected chi connectivity index (χ1v) is 8.07. The lowest BCUT2D eigenvalue weighted by Crippen LogP contribution is -2.60. The quantitative estimate of drug-likeness (QED) is 0.770. The van der Waals surface area contributed by atoms with Crippen molar-refractivity contribution in [3.63, 3.8) is 0 Å². The summed E-state index contributed by atoms with van der Waals surface area (Å²) in [5.74, 6) is 0. The Hall–Kier alpha value is -0.120. The summed E-state index contributed by atoms with van der Waals surface area (Å²) in [6.07, 6.45) is 0. The maximum Gasteiger partial charge on any atom is 0.0517 e. The molecule has 3 nitrogen and oxygen atoms in total. The molecule has 0 aromatic heterocycles. The Morgan fingerprint density at radius 3 is 1.40 bits per heavy atom. The zero-order chi connectivity index (χ0) is 15.8. The average Bonchev–Trinajstić information content (AvgIpc) is 2.22. The fourth-order valence-corrected chi connectivity index (χ4v) is 3.19. The molecule has 1 fully saturated rings. The molecule has 0 saturated carbocycles. The molecule has 120 valence electrons. The van der Waals surface area contributed by atoms with Crippen LogP contribution in [0, 0.1) is 0 Å². The van der Waals surface area contributed by atoms with E-state index in [0.717, 1.165) is 6.67 Å². The largest absolute Gasteiger partial charge is 0.296 e. The van der Waals surface area contributed by atoms with Gasteiger partial charge in [0.05, 0.1) is 6.67 Å². The molecule has 0 N–H and O–H groups in total. The predicted octanol–water partition coefficient (Wildman–Crippen LogP) is 3.26. The van der Waals surface area contributed by atoms with Gasteiger partial charge in [0.2, 0.25) is 0 Å². The molecule has 3 heteroatoms. The van der Waals surface area contributed by atoms with E-state index in [1.165, 1.54) is 26.2 Å². The molecule has 0 bridgehead atoms. The van der Waals surface area contributed by atoms with Crippen molar-refractivity contribution in [1.82, 2.24) is 14.7 Å². The minimum Gasteiger partial charge on any atom is -0.296 e. The van der Waals surface area contributed by atoms with Gasteiger partial charge in [0, 0.05) is 42.8 Å². The maximum atomic E-state index is 2.62. The number of hydrogen-bond acceptors (Lipinski definition) is 3. The Kier molecular flexibility index (Phi) is 5.32. The van der Waals surface area contributed by atoms with Gasteiger partial charge >= 0.3 is 0 Å². The molecule has 1 aliphatic rings. The molecule has 20 heavy (non-hydrogen) atoms. The van der Waals surface area contributed by atoms with Gasteiger partial charge in [0.1, 0.15) is 0 Å². The predicted molar refractivity (Wildman–Crippen MR) is 89.1 cm³/mol. The van der Waals surface area contributed by atoms with Gasteiger partial charge in [-0.1, -0.05) is 0 Å². The Bertz CT molecular complexity index is 282. The van der Waals surface area contributed by atoms with Gasteiger partial charge in [0.15, 0.2) is 0 Å². The van der Waals surface area contributed by atoms with E-state index in [4.69, 9.17) is 0 Å². The minimum atomic E-state index is 0.208. The Morgan fingerprint density at radius 1 is 0.700 bits per heavy atom. The van der Waals surface area contributed by atoms with E-state index in [1.54, 1.807) is 0 Å². The highest BCUT2D eigenvalue weighted by atomic mass is 15.4. The Morgan fingerprint density at radius 2 is 1.10 bits per heavy atom. The first-order chi connectivity index (χ1) is 8.82. The zero-order valence-corrected chi connectivity index (χ0v) is 15.4. The number of hydrogen-bond donors (Lipinski definition) is 0. The number of rotatable bonds is 2. The molecule has 1 heterocycles. The van der Waals surface area contributed by atoms with Crippen LogP contribution in [0.3, 0.4) is 0 Å². The van der Waals surface area contributed by atoms with Crippen LogP contribution in [0.4, 0.5) is 0 Å². The SMILES string of the molecule is CC(C)(C)N1CCN(CN(C(C)(C)C)C(C)(C)C)CC1. The van der Waals surface area contributed by atoms with Gasteiger partial charge in [-0.25, -0.2) is 0 Å². The molecule has 0 aromatic rings. The van der Waals surface area contributed by atoms with Gasteiger partial charge in [-0.05, 0) is 62.3 Å². The fraction of sp³-hybridized carbons (Fsp3) is 1.00. The third kappa shape index (κ3) is 5.01. The molecule has 0 amide bonds. The van der Waals surface area contributed by atoms with Gasteiger partial charge in [0.25, 0.3) is 0 Å². The summed E-state index contributed by atoms with van der Waals surface area (Å²) in [7, 11) is 0. The van der Waals surface area contributed by atoms with Crippen LogP contribution in [0.1, 0.15) is 62.3 Å². The molecule has 0 aliphatic carbocycles. The Balaban J connectivity index is 2.62. The van der Waals surface area contributed by atoms with E-state index in [9.17, 15) is 0 Å². The summed E-state index contributed by atoms with van der Waals surface area (Å²) in [5, 5.41) is 0. The summed E-state index contributed by atoms with van der Waals surface area (Å²) in [6, 6.07) is 0. The molecule has 0 radical (unpaired) electrons. The van der Waals surface area contributed by atoms with Crippen molar-refractivity contribution in [3.8, 4) is 0 Å². The standard InChI is InChI=1S/C17H37N3/c1-15(2,3)19-12-10-18(11-13-19)14-20(16(4,5)6)17(7,8)9/h10-14H2,1-9H3. The Labute approximate surface area is 127 Å². The highest BCUT2D eigenvalue weighted by molar-refractivity contribution is 4.88. The highest BCUT2D eigenvalue weighted by Gasteiger charge is 2.34. The van der Waals surface area contributed by atoms with E-state index >= 15 is 0 Å². The normalized spacial score (nSPS) is 20.7. The van der Waals surface area contributed by atoms with E-state index in [1.807, 2.05) is 0 Å². The first-order valence-electron chi connectivity index (χ1n) is 8.07. The highest BCUT2D eigenvalue weighted by Crippen LogP contribution is 2.25. The molecule has 0 unspecified atom stereocenters. The second-order valence-electron chi connectivity index (χ2n) is 9.19. The van der Waals surface area contributed by atoms with Gasteiger partial charge < -0.3 is 0 Å². The first kappa shape index (κ1) is 17.9. The second-order valence-corrected chi connectivity index (χ2v) is 9.19. The molecule has 0 spiro atoms. The van der Waals surface area contributed by atoms with Crippen molar-refractivity contribution in [2.75, 3.05) is 32.8 Å². The monoisotopic (exact) mass is 283 g/mol. The zero-order valence-electron chi connectivity index (χ0n) is 15.4. The molecular formula is C17H37N3. The number of piperazine rings is 1. The molecule has 1 saturated heterocycles. The smallest absolute Gasteiger partial charge is 0.0517 e. The molecular weight excluding hydrogens is 246 g/mol. The van der Waals surface area contributed by atoms with Crippen LogP contribution in [0.25, 0.3) is 0 Å². The summed E-state index contributed by atoms with van der Waals surface area (Å²) in [4.78, 5) is 7.83. The molecule has 1 rings (SSSR count). The van der Waals surface area contributed by atoms with Crippen molar-refractivity contribution in [1.29, 1.82) is 0 Å². The minimum absolute atomic E-state index is 0.208. The van der Waals surface area contributed by atoms with Crippen LogP contribution in [0.15, 0.2) is 0 Å². The third-order valence-corrected chi connectivity index (χ3v) is 4.28. The van der Waals surface area contributed by atoms with E-state index in [0.29, 0.717) is 5.54 Å². The van der Waals surface area contributed by atoms with Crippen molar-refractivity contribution in [2.24, 2.45) is 0 Å². The van der Waals surface area contributed by atoms with Crippen LogP contribution in [-0.4, -0.2) is 64.2 Å². The van der Waals surface area contributed by atoms with E-state index in [2.05, 4.69) is 77.0 Å². The fourth-order valence-electron chi connectivity index (χ4n) is 3.19. The van der Waals surface area contributed by atoms with Crippen molar-refractivity contribution in [3.05, 3.63) is 0 Å². The summed E-state index contributed by atoms with van der Waals surface area (Å²) in [6.45, 7) is 26.7. The lowest BCUT2D eigenvalue weighted by molar-refractivity contribution is -0.0368. The van der Waals surface area contributed by atoms with Crippen LogP contribution in [0.2, 0.25) is 0 Å². The topological polar surface area (TPSA) is 9.72 Å². The maximum absolute atomic E-state index is 2.62. The van der Waals surface area contributed by atoms with Crippen molar-refractivity contribution < 1.29 is 0 Å². The summed E-state index contributed by atoms with van der Waals surface area (Å²) < 4.78 is 0. The van der Waals surface area contributed by atoms with Crippen LogP contribution in [-0.2, 0) is 0 Å². The van der Waals surface area contributed by atoms with E-state index in [-0.39, 0.29) is 11.1 Å². The second kappa shape index (κ2) is 5.94. The van der Waals surface area contributed by atoms with E-state index < -0.39 is 0 Å². The summed E-state index contributed by atoms with van der Waals surface area (Å²) in [5.41, 5.74) is 0.721. The van der Waals surface area contributed by atoms with Gasteiger partial charge in [-0.2, -0.15) is 0 Å². The molecule has 1 aliphatic heterocycles. The lowest BCUT2D eigenvalue weighted by atomic mass is 9.96. The van der Waals surface area contributed by atoms with Crippen molar-refractivity contribution >= 4 is 0 Å². The third-order valence-electron chi connectivity index (χ3n) is 4.28. The lowest BCUT2D eigenvalue weighted by Gasteiger charge is -2.50. The average molecular weight is 284 g/mol. The van der Waals surface area contributed by atoms with Crippen molar-refractivity contribution in [2.45, 2.75) is 78.9 Å². The summed E-state index contributed by atoms with van der Waals surface area (Å²) >= 11 is 0. The van der Waals surface area contributed by atoms with Crippen LogP contribution < -0.4 is 0 Å². The van der Waals surface area contributed by atoms with Gasteiger partial charge in [-0.3, -0.25) is 14.7 Å². The molecule has 0 atom stereocenters. The number of nitrogens with zero attached hydrogens (tertiary/aromatic N) is 3.